The Morgan fingerprint density at radius 3 is 2.10 bits per heavy atom. The molecule has 0 unspecified atom stereocenters. The minimum absolute atomic E-state index is 0.0140. The van der Waals surface area contributed by atoms with Gasteiger partial charge in [0.05, 0.1) is 10.9 Å². The fourth-order valence-corrected chi connectivity index (χ4v) is 3.04. The highest BCUT2D eigenvalue weighted by atomic mass is 32.2. The van der Waals surface area contributed by atoms with Crippen LogP contribution in [0, 0.1) is 0 Å². The van der Waals surface area contributed by atoms with E-state index in [2.05, 4.69) is 10.6 Å². The first-order valence-electron chi connectivity index (χ1n) is 9.07. The Kier molecular flexibility index (Phi) is 8.19. The maximum Gasteiger partial charge on any atom is 0.408 e. The van der Waals surface area contributed by atoms with Crippen molar-refractivity contribution in [3.05, 3.63) is 29.8 Å². The third-order valence-electron chi connectivity index (χ3n) is 3.85. The normalized spacial score (nSPS) is 13.8. The van der Waals surface area contributed by atoms with E-state index in [1.807, 2.05) is 0 Å². The molecular weight excluding hydrogens is 398 g/mol. The topological polar surface area (TPSA) is 145 Å². The SMILES string of the molecule is C[C@@H](NC(=O)[C@H](CCC(N)=O)NC(=O)OC(C)(C)C)c1ccc(S(C)(=O)=O)cc1. The van der Waals surface area contributed by atoms with Gasteiger partial charge in [-0.05, 0) is 51.8 Å². The van der Waals surface area contributed by atoms with Gasteiger partial charge in [-0.2, -0.15) is 0 Å². The van der Waals surface area contributed by atoms with Crippen LogP contribution in [0.2, 0.25) is 0 Å². The van der Waals surface area contributed by atoms with Crippen LogP contribution in [0.3, 0.4) is 0 Å². The number of nitrogens with one attached hydrogen (secondary N) is 2. The molecule has 0 saturated heterocycles. The van der Waals surface area contributed by atoms with Crippen molar-refractivity contribution in [2.45, 2.75) is 63.1 Å². The van der Waals surface area contributed by atoms with Crippen LogP contribution >= 0.6 is 0 Å². The number of carbonyl (C=O) groups excluding carboxylic acids is 3. The molecule has 10 heteroatoms. The van der Waals surface area contributed by atoms with E-state index in [1.54, 1.807) is 39.8 Å². The van der Waals surface area contributed by atoms with Crippen molar-refractivity contribution in [1.29, 1.82) is 0 Å². The molecule has 29 heavy (non-hydrogen) atoms. The first kappa shape index (κ1) is 24.4. The van der Waals surface area contributed by atoms with E-state index in [4.69, 9.17) is 10.5 Å². The number of alkyl carbamates (subject to hydrolysis) is 1. The molecule has 162 valence electrons. The highest BCUT2D eigenvalue weighted by Gasteiger charge is 2.26. The summed E-state index contributed by atoms with van der Waals surface area (Å²) in [7, 11) is -3.32. The van der Waals surface area contributed by atoms with Crippen molar-refractivity contribution >= 4 is 27.7 Å². The van der Waals surface area contributed by atoms with Gasteiger partial charge in [-0.15, -0.1) is 0 Å². The van der Waals surface area contributed by atoms with Crippen molar-refractivity contribution in [2.24, 2.45) is 5.73 Å². The summed E-state index contributed by atoms with van der Waals surface area (Å²) in [5.74, 6) is -1.12. The standard InChI is InChI=1S/C19H29N3O6S/c1-12(13-6-8-14(9-7-13)29(5,26)27)21-17(24)15(10-11-16(20)23)22-18(25)28-19(2,3)4/h6-9,12,15H,10-11H2,1-5H3,(H2,20,23)(H,21,24)(H,22,25)/t12-,15+/m1/s1. The largest absolute Gasteiger partial charge is 0.444 e. The van der Waals surface area contributed by atoms with Crippen LogP contribution < -0.4 is 16.4 Å². The molecule has 1 aromatic rings. The lowest BCUT2D eigenvalue weighted by atomic mass is 10.1. The summed E-state index contributed by atoms with van der Waals surface area (Å²) >= 11 is 0. The molecule has 0 radical (unpaired) electrons. The van der Waals surface area contributed by atoms with Crippen LogP contribution in [-0.2, 0) is 24.2 Å². The minimum atomic E-state index is -3.32. The summed E-state index contributed by atoms with van der Waals surface area (Å²) in [6.45, 7) is 6.78. The third-order valence-corrected chi connectivity index (χ3v) is 4.98. The van der Waals surface area contributed by atoms with Crippen molar-refractivity contribution in [3.63, 3.8) is 0 Å². The average Bonchev–Trinajstić information content (AvgIpc) is 2.56. The van der Waals surface area contributed by atoms with Gasteiger partial charge in [0, 0.05) is 12.7 Å². The van der Waals surface area contributed by atoms with E-state index >= 15 is 0 Å². The minimum Gasteiger partial charge on any atom is -0.444 e. The first-order valence-corrected chi connectivity index (χ1v) is 11.0. The quantitative estimate of drug-likeness (QED) is 0.572. The van der Waals surface area contributed by atoms with E-state index in [-0.39, 0.29) is 17.7 Å². The van der Waals surface area contributed by atoms with Gasteiger partial charge in [-0.3, -0.25) is 9.59 Å². The second-order valence-electron chi connectivity index (χ2n) is 7.78. The average molecular weight is 428 g/mol. The van der Waals surface area contributed by atoms with Crippen LogP contribution in [-0.4, -0.2) is 44.2 Å². The number of hydrogen-bond acceptors (Lipinski definition) is 6. The Morgan fingerprint density at radius 1 is 1.10 bits per heavy atom. The molecule has 0 saturated carbocycles. The van der Waals surface area contributed by atoms with Gasteiger partial charge < -0.3 is 21.1 Å². The highest BCUT2D eigenvalue weighted by molar-refractivity contribution is 7.90. The smallest absolute Gasteiger partial charge is 0.408 e. The van der Waals surface area contributed by atoms with Gasteiger partial charge in [0.15, 0.2) is 9.84 Å². The molecule has 0 aromatic heterocycles. The zero-order chi connectivity index (χ0) is 22.4. The second kappa shape index (κ2) is 9.73. The molecular formula is C19H29N3O6S. The number of ether oxygens (including phenoxy) is 1. The van der Waals surface area contributed by atoms with Crippen LogP contribution in [0.1, 0.15) is 52.1 Å². The van der Waals surface area contributed by atoms with Crippen LogP contribution in [0.15, 0.2) is 29.2 Å². The maximum atomic E-state index is 12.6. The van der Waals surface area contributed by atoms with Gasteiger partial charge >= 0.3 is 6.09 Å². The Bertz CT molecular complexity index is 844. The Morgan fingerprint density at radius 2 is 1.66 bits per heavy atom. The molecule has 0 aliphatic carbocycles. The number of hydrogen-bond donors (Lipinski definition) is 3. The molecule has 0 heterocycles. The molecule has 1 rings (SSSR count). The Hall–Kier alpha value is -2.62. The first-order chi connectivity index (χ1) is 13.2. The summed E-state index contributed by atoms with van der Waals surface area (Å²) in [6, 6.07) is 4.62. The van der Waals surface area contributed by atoms with Gasteiger partial charge in [0.2, 0.25) is 11.8 Å². The number of primary amides is 1. The molecule has 0 aliphatic heterocycles. The third kappa shape index (κ3) is 8.95. The number of benzene rings is 1. The summed E-state index contributed by atoms with van der Waals surface area (Å²) in [4.78, 5) is 35.9. The van der Waals surface area contributed by atoms with Crippen molar-refractivity contribution < 1.29 is 27.5 Å². The zero-order valence-electron chi connectivity index (χ0n) is 17.3. The molecule has 3 amide bonds. The van der Waals surface area contributed by atoms with Crippen LogP contribution in [0.25, 0.3) is 0 Å². The lowest BCUT2D eigenvalue weighted by Gasteiger charge is -2.24. The molecule has 0 spiro atoms. The molecule has 0 fully saturated rings. The van der Waals surface area contributed by atoms with Crippen LogP contribution in [0.5, 0.6) is 0 Å². The number of nitrogens with two attached hydrogens (primary N) is 1. The van der Waals surface area contributed by atoms with Gasteiger partial charge in [-0.1, -0.05) is 12.1 Å². The van der Waals surface area contributed by atoms with Gasteiger partial charge in [-0.25, -0.2) is 13.2 Å². The number of rotatable bonds is 8. The lowest BCUT2D eigenvalue weighted by molar-refractivity contribution is -0.124. The van der Waals surface area contributed by atoms with E-state index in [0.717, 1.165) is 6.26 Å². The van der Waals surface area contributed by atoms with E-state index in [1.165, 1.54) is 12.1 Å². The second-order valence-corrected chi connectivity index (χ2v) is 9.79. The molecule has 0 aliphatic rings. The molecule has 0 bridgehead atoms. The fraction of sp³-hybridized carbons (Fsp3) is 0.526. The van der Waals surface area contributed by atoms with Gasteiger partial charge in [0.25, 0.3) is 0 Å². The Balaban J connectivity index is 2.86. The molecule has 1 aromatic carbocycles. The molecule has 2 atom stereocenters. The number of amides is 3. The predicted octanol–water partition coefficient (Wildman–Crippen LogP) is 1.43. The Labute approximate surface area is 171 Å². The van der Waals surface area contributed by atoms with E-state index < -0.39 is 45.4 Å². The van der Waals surface area contributed by atoms with E-state index in [0.29, 0.717) is 5.56 Å². The molecule has 4 N–H and O–H groups in total. The number of sulfone groups is 1. The van der Waals surface area contributed by atoms with Crippen LogP contribution in [0.4, 0.5) is 4.79 Å². The predicted molar refractivity (Wildman–Crippen MR) is 108 cm³/mol. The van der Waals surface area contributed by atoms with Crippen molar-refractivity contribution in [1.82, 2.24) is 10.6 Å². The fourth-order valence-electron chi connectivity index (χ4n) is 2.41. The lowest BCUT2D eigenvalue weighted by Crippen LogP contribution is -2.49. The summed E-state index contributed by atoms with van der Waals surface area (Å²) in [5, 5.41) is 5.19. The monoisotopic (exact) mass is 427 g/mol. The van der Waals surface area contributed by atoms with Gasteiger partial charge in [0.1, 0.15) is 11.6 Å². The highest BCUT2D eigenvalue weighted by Crippen LogP contribution is 2.17. The van der Waals surface area contributed by atoms with Crippen molar-refractivity contribution in [3.8, 4) is 0 Å². The molecule has 9 nitrogen and oxygen atoms in total. The van der Waals surface area contributed by atoms with Crippen molar-refractivity contribution in [2.75, 3.05) is 6.26 Å². The summed E-state index contributed by atoms with van der Waals surface area (Å²) in [6.07, 6.45) is 0.247. The summed E-state index contributed by atoms with van der Waals surface area (Å²) in [5.41, 5.74) is 5.08. The number of carbonyl (C=O) groups is 3. The maximum absolute atomic E-state index is 12.6. The zero-order valence-corrected chi connectivity index (χ0v) is 18.1. The van der Waals surface area contributed by atoms with E-state index in [9.17, 15) is 22.8 Å². The summed E-state index contributed by atoms with van der Waals surface area (Å²) < 4.78 is 28.3.